The summed E-state index contributed by atoms with van der Waals surface area (Å²) in [5, 5.41) is 3.25. The maximum Gasteiger partial charge on any atom is 0.255 e. The van der Waals surface area contributed by atoms with Gasteiger partial charge in [0.15, 0.2) is 5.82 Å². The zero-order chi connectivity index (χ0) is 18.8. The van der Waals surface area contributed by atoms with E-state index in [4.69, 9.17) is 10.5 Å². The summed E-state index contributed by atoms with van der Waals surface area (Å²) in [4.78, 5) is 16.6. The number of carbonyl (C=O) groups excluding carboxylic acids is 1. The standard InChI is InChI=1S/C21H20FN3O2/c22-19-18(8-5-16-9-14(10-23)11-24-20(16)19)25-21(26)15-3-6-17(7-4-15)27-12-13-1-2-13/h3-9,11,13H,1-2,10,12,23H2,(H,25,26). The monoisotopic (exact) mass is 365 g/mol. The lowest BCUT2D eigenvalue weighted by atomic mass is 10.1. The number of benzene rings is 2. The third-order valence-corrected chi connectivity index (χ3v) is 4.63. The molecule has 1 aliphatic rings. The van der Waals surface area contributed by atoms with Gasteiger partial charge in [0.25, 0.3) is 5.91 Å². The van der Waals surface area contributed by atoms with Crippen LogP contribution in [0, 0.1) is 11.7 Å². The molecule has 1 amide bonds. The fraction of sp³-hybridized carbons (Fsp3) is 0.238. The summed E-state index contributed by atoms with van der Waals surface area (Å²) in [6, 6.07) is 11.9. The predicted octanol–water partition coefficient (Wildman–Crippen LogP) is 3.87. The summed E-state index contributed by atoms with van der Waals surface area (Å²) in [7, 11) is 0. The van der Waals surface area contributed by atoms with Crippen LogP contribution in [0.25, 0.3) is 10.9 Å². The van der Waals surface area contributed by atoms with Crippen molar-refractivity contribution < 1.29 is 13.9 Å². The molecule has 0 atom stereocenters. The molecule has 1 heterocycles. The number of aromatic nitrogens is 1. The molecular formula is C21H20FN3O2. The number of pyridine rings is 1. The Morgan fingerprint density at radius 1 is 1.22 bits per heavy atom. The van der Waals surface area contributed by atoms with Gasteiger partial charge in [-0.1, -0.05) is 6.07 Å². The maximum absolute atomic E-state index is 14.7. The number of hydrogen-bond acceptors (Lipinski definition) is 4. The van der Waals surface area contributed by atoms with Crippen molar-refractivity contribution in [1.29, 1.82) is 0 Å². The van der Waals surface area contributed by atoms with Gasteiger partial charge in [-0.05, 0) is 60.7 Å². The van der Waals surface area contributed by atoms with Gasteiger partial charge in [-0.25, -0.2) is 4.39 Å². The summed E-state index contributed by atoms with van der Waals surface area (Å²) in [5.41, 5.74) is 7.13. The molecule has 0 saturated heterocycles. The van der Waals surface area contributed by atoms with Gasteiger partial charge in [0.2, 0.25) is 0 Å². The first-order valence-electron chi connectivity index (χ1n) is 8.95. The van der Waals surface area contributed by atoms with Crippen LogP contribution >= 0.6 is 0 Å². The van der Waals surface area contributed by atoms with E-state index in [1.54, 1.807) is 36.4 Å². The zero-order valence-electron chi connectivity index (χ0n) is 14.7. The number of ether oxygens (including phenoxy) is 1. The zero-order valence-corrected chi connectivity index (χ0v) is 14.7. The number of nitrogens with zero attached hydrogens (tertiary/aromatic N) is 1. The normalized spacial score (nSPS) is 13.6. The third kappa shape index (κ3) is 3.90. The number of nitrogens with one attached hydrogen (secondary N) is 1. The smallest absolute Gasteiger partial charge is 0.255 e. The molecule has 138 valence electrons. The van der Waals surface area contributed by atoms with Crippen molar-refractivity contribution in [2.75, 3.05) is 11.9 Å². The lowest BCUT2D eigenvalue weighted by molar-refractivity contribution is 0.102. The van der Waals surface area contributed by atoms with Gasteiger partial charge in [0, 0.05) is 23.7 Å². The molecule has 0 aliphatic heterocycles. The minimum absolute atomic E-state index is 0.0922. The van der Waals surface area contributed by atoms with E-state index in [1.165, 1.54) is 25.1 Å². The number of halogens is 1. The molecule has 1 fully saturated rings. The molecule has 27 heavy (non-hydrogen) atoms. The highest BCUT2D eigenvalue weighted by Gasteiger charge is 2.22. The van der Waals surface area contributed by atoms with Crippen molar-refractivity contribution in [2.45, 2.75) is 19.4 Å². The van der Waals surface area contributed by atoms with E-state index in [9.17, 15) is 9.18 Å². The summed E-state index contributed by atoms with van der Waals surface area (Å²) >= 11 is 0. The molecular weight excluding hydrogens is 345 g/mol. The van der Waals surface area contributed by atoms with E-state index in [0.717, 1.165) is 11.3 Å². The van der Waals surface area contributed by atoms with Crippen molar-refractivity contribution in [3.63, 3.8) is 0 Å². The SMILES string of the molecule is NCc1cnc2c(F)c(NC(=O)c3ccc(OCC4CC4)cc3)ccc2c1. The van der Waals surface area contributed by atoms with E-state index in [-0.39, 0.29) is 17.1 Å². The van der Waals surface area contributed by atoms with Crippen molar-refractivity contribution in [3.8, 4) is 5.75 Å². The number of carbonyl (C=O) groups is 1. The van der Waals surface area contributed by atoms with Crippen molar-refractivity contribution in [2.24, 2.45) is 11.7 Å². The molecule has 0 bridgehead atoms. The molecule has 0 unspecified atom stereocenters. The van der Waals surface area contributed by atoms with Crippen LogP contribution in [-0.2, 0) is 6.54 Å². The Bertz CT molecular complexity index is 985. The van der Waals surface area contributed by atoms with Gasteiger partial charge in [0.1, 0.15) is 11.3 Å². The second-order valence-electron chi connectivity index (χ2n) is 6.78. The molecule has 4 rings (SSSR count). The minimum atomic E-state index is -0.561. The molecule has 3 N–H and O–H groups in total. The third-order valence-electron chi connectivity index (χ3n) is 4.63. The number of anilines is 1. The van der Waals surface area contributed by atoms with Crippen LogP contribution in [0.5, 0.6) is 5.75 Å². The highest BCUT2D eigenvalue weighted by atomic mass is 19.1. The Morgan fingerprint density at radius 3 is 2.70 bits per heavy atom. The second kappa shape index (κ2) is 7.32. The predicted molar refractivity (Wildman–Crippen MR) is 102 cm³/mol. The van der Waals surface area contributed by atoms with Gasteiger partial charge < -0.3 is 15.8 Å². The highest BCUT2D eigenvalue weighted by Crippen LogP contribution is 2.29. The first-order valence-corrected chi connectivity index (χ1v) is 8.95. The molecule has 3 aromatic rings. The number of amides is 1. The van der Waals surface area contributed by atoms with Gasteiger partial charge >= 0.3 is 0 Å². The summed E-state index contributed by atoms with van der Waals surface area (Å²) < 4.78 is 20.4. The Kier molecular flexibility index (Phi) is 4.73. The largest absolute Gasteiger partial charge is 0.493 e. The second-order valence-corrected chi connectivity index (χ2v) is 6.78. The van der Waals surface area contributed by atoms with Crippen LogP contribution in [0.1, 0.15) is 28.8 Å². The first-order chi connectivity index (χ1) is 13.1. The fourth-order valence-electron chi connectivity index (χ4n) is 2.82. The van der Waals surface area contributed by atoms with Crippen LogP contribution in [0.3, 0.4) is 0 Å². The first kappa shape index (κ1) is 17.4. The number of fused-ring (bicyclic) bond motifs is 1. The van der Waals surface area contributed by atoms with Gasteiger partial charge in [0.05, 0.1) is 12.3 Å². The average molecular weight is 365 g/mol. The summed E-state index contributed by atoms with van der Waals surface area (Å²) in [6.45, 7) is 1.05. The summed E-state index contributed by atoms with van der Waals surface area (Å²) in [6.07, 6.45) is 3.98. The van der Waals surface area contributed by atoms with E-state index < -0.39 is 5.82 Å². The average Bonchev–Trinajstić information content (AvgIpc) is 3.53. The van der Waals surface area contributed by atoms with Gasteiger partial charge in [-0.15, -0.1) is 0 Å². The quantitative estimate of drug-likeness (QED) is 0.695. The molecule has 2 aromatic carbocycles. The molecule has 6 heteroatoms. The van der Waals surface area contributed by atoms with Crippen molar-refractivity contribution in [1.82, 2.24) is 4.98 Å². The molecule has 1 aliphatic carbocycles. The molecule has 0 spiro atoms. The molecule has 5 nitrogen and oxygen atoms in total. The maximum atomic E-state index is 14.7. The Hall–Kier alpha value is -2.99. The van der Waals surface area contributed by atoms with E-state index in [0.29, 0.717) is 30.0 Å². The van der Waals surface area contributed by atoms with Crippen LogP contribution in [0.15, 0.2) is 48.7 Å². The Balaban J connectivity index is 1.49. The molecule has 0 radical (unpaired) electrons. The van der Waals surface area contributed by atoms with Crippen molar-refractivity contribution >= 4 is 22.5 Å². The van der Waals surface area contributed by atoms with E-state index in [1.807, 2.05) is 0 Å². The Labute approximate surface area is 156 Å². The van der Waals surface area contributed by atoms with Crippen LogP contribution < -0.4 is 15.8 Å². The Morgan fingerprint density at radius 2 is 2.00 bits per heavy atom. The van der Waals surface area contributed by atoms with Crippen LogP contribution in [0.2, 0.25) is 0 Å². The number of rotatable bonds is 6. The fourth-order valence-corrected chi connectivity index (χ4v) is 2.82. The van der Waals surface area contributed by atoms with E-state index in [2.05, 4.69) is 10.3 Å². The van der Waals surface area contributed by atoms with Crippen LogP contribution in [0.4, 0.5) is 10.1 Å². The molecule has 1 aromatic heterocycles. The lowest BCUT2D eigenvalue weighted by Gasteiger charge is -2.10. The molecule has 1 saturated carbocycles. The van der Waals surface area contributed by atoms with E-state index >= 15 is 0 Å². The summed E-state index contributed by atoms with van der Waals surface area (Å²) in [5.74, 6) is 0.447. The van der Waals surface area contributed by atoms with Crippen LogP contribution in [-0.4, -0.2) is 17.5 Å². The number of hydrogen-bond donors (Lipinski definition) is 2. The number of nitrogens with two attached hydrogens (primary N) is 1. The highest BCUT2D eigenvalue weighted by molar-refractivity contribution is 6.05. The minimum Gasteiger partial charge on any atom is -0.493 e. The topological polar surface area (TPSA) is 77.2 Å². The van der Waals surface area contributed by atoms with Crippen molar-refractivity contribution in [3.05, 3.63) is 65.6 Å². The lowest BCUT2D eigenvalue weighted by Crippen LogP contribution is -2.13. The van der Waals surface area contributed by atoms with Gasteiger partial charge in [-0.3, -0.25) is 9.78 Å². The van der Waals surface area contributed by atoms with Gasteiger partial charge in [-0.2, -0.15) is 0 Å².